The molecule has 0 saturated heterocycles. The molecule has 2 N–H and O–H groups in total. The number of rotatable bonds is 5. The van der Waals surface area contributed by atoms with Crippen LogP contribution in [0.2, 0.25) is 0 Å². The van der Waals surface area contributed by atoms with Gasteiger partial charge in [0.15, 0.2) is 0 Å². The Labute approximate surface area is 115 Å². The lowest BCUT2D eigenvalue weighted by atomic mass is 10.0. The third kappa shape index (κ3) is 3.10. The zero-order chi connectivity index (χ0) is 13.2. The molecule has 2 heterocycles. The standard InChI is InChI=1S/C13H18BrN3O/c1-13(2,5-6-18)16-8-11-7-15-12-4-3-10(14)9-17(11)12/h3-4,7,9,16,18H,5-6,8H2,1-2H3. The van der Waals surface area contributed by atoms with Crippen molar-refractivity contribution in [2.75, 3.05) is 6.61 Å². The highest BCUT2D eigenvalue weighted by Crippen LogP contribution is 2.15. The Hall–Kier alpha value is -0.910. The number of aliphatic hydroxyl groups is 1. The second kappa shape index (κ2) is 5.38. The Morgan fingerprint density at radius 2 is 2.22 bits per heavy atom. The summed E-state index contributed by atoms with van der Waals surface area (Å²) in [7, 11) is 0. The predicted octanol–water partition coefficient (Wildman–Crippen LogP) is 2.35. The van der Waals surface area contributed by atoms with Gasteiger partial charge >= 0.3 is 0 Å². The van der Waals surface area contributed by atoms with Crippen LogP contribution in [0.1, 0.15) is 26.0 Å². The molecular weight excluding hydrogens is 294 g/mol. The summed E-state index contributed by atoms with van der Waals surface area (Å²) < 4.78 is 3.09. The molecule has 18 heavy (non-hydrogen) atoms. The SMILES string of the molecule is CC(C)(CCO)NCc1cnc2ccc(Br)cn12. The van der Waals surface area contributed by atoms with E-state index in [1.807, 2.05) is 24.5 Å². The topological polar surface area (TPSA) is 49.6 Å². The van der Waals surface area contributed by atoms with E-state index in [9.17, 15) is 0 Å². The van der Waals surface area contributed by atoms with Gasteiger partial charge in [0.2, 0.25) is 0 Å². The quantitative estimate of drug-likeness (QED) is 0.891. The van der Waals surface area contributed by atoms with Crippen LogP contribution < -0.4 is 5.32 Å². The second-order valence-electron chi connectivity index (χ2n) is 5.04. The van der Waals surface area contributed by atoms with Crippen LogP contribution in [-0.4, -0.2) is 26.6 Å². The summed E-state index contributed by atoms with van der Waals surface area (Å²) >= 11 is 3.46. The highest BCUT2D eigenvalue weighted by molar-refractivity contribution is 9.10. The van der Waals surface area contributed by atoms with E-state index in [0.717, 1.165) is 28.8 Å². The van der Waals surface area contributed by atoms with Gasteiger partial charge < -0.3 is 14.8 Å². The van der Waals surface area contributed by atoms with Crippen molar-refractivity contribution in [2.45, 2.75) is 32.4 Å². The maximum Gasteiger partial charge on any atom is 0.136 e. The Morgan fingerprint density at radius 3 is 2.94 bits per heavy atom. The Balaban J connectivity index is 2.15. The summed E-state index contributed by atoms with van der Waals surface area (Å²) in [4.78, 5) is 4.36. The molecule has 0 aliphatic rings. The van der Waals surface area contributed by atoms with Gasteiger partial charge in [-0.25, -0.2) is 4.98 Å². The average molecular weight is 312 g/mol. The molecule has 0 aliphatic heterocycles. The summed E-state index contributed by atoms with van der Waals surface area (Å²) in [5, 5.41) is 12.4. The molecule has 0 saturated carbocycles. The van der Waals surface area contributed by atoms with Crippen LogP contribution in [0.5, 0.6) is 0 Å². The van der Waals surface area contributed by atoms with Crippen LogP contribution in [0.25, 0.3) is 5.65 Å². The largest absolute Gasteiger partial charge is 0.396 e. The van der Waals surface area contributed by atoms with E-state index in [1.165, 1.54) is 0 Å². The summed E-state index contributed by atoms with van der Waals surface area (Å²) in [5.74, 6) is 0. The fourth-order valence-electron chi connectivity index (χ4n) is 1.83. The monoisotopic (exact) mass is 311 g/mol. The smallest absolute Gasteiger partial charge is 0.136 e. The van der Waals surface area contributed by atoms with E-state index in [0.29, 0.717) is 0 Å². The van der Waals surface area contributed by atoms with Crippen molar-refractivity contribution < 1.29 is 5.11 Å². The molecule has 2 aromatic rings. The van der Waals surface area contributed by atoms with Crippen molar-refractivity contribution >= 4 is 21.6 Å². The number of hydrogen-bond acceptors (Lipinski definition) is 3. The van der Waals surface area contributed by atoms with Gasteiger partial charge in [-0.2, -0.15) is 0 Å². The lowest BCUT2D eigenvalue weighted by Gasteiger charge is -2.25. The number of aliphatic hydroxyl groups excluding tert-OH is 1. The molecule has 98 valence electrons. The number of imidazole rings is 1. The molecule has 0 spiro atoms. The first kappa shape index (κ1) is 13.5. The highest BCUT2D eigenvalue weighted by Gasteiger charge is 2.16. The predicted molar refractivity (Wildman–Crippen MR) is 75.5 cm³/mol. The van der Waals surface area contributed by atoms with Crippen LogP contribution in [0.3, 0.4) is 0 Å². The first-order chi connectivity index (χ1) is 8.52. The molecule has 0 amide bonds. The van der Waals surface area contributed by atoms with Gasteiger partial charge in [0.25, 0.3) is 0 Å². The van der Waals surface area contributed by atoms with Gasteiger partial charge in [-0.3, -0.25) is 0 Å². The highest BCUT2D eigenvalue weighted by atomic mass is 79.9. The Bertz CT molecular complexity index is 536. The van der Waals surface area contributed by atoms with Crippen LogP contribution in [0.4, 0.5) is 0 Å². The molecule has 0 bridgehead atoms. The van der Waals surface area contributed by atoms with Crippen LogP contribution >= 0.6 is 15.9 Å². The molecule has 4 nitrogen and oxygen atoms in total. The van der Waals surface area contributed by atoms with Crippen molar-refractivity contribution in [2.24, 2.45) is 0 Å². The fourth-order valence-corrected chi connectivity index (χ4v) is 2.17. The third-order valence-electron chi connectivity index (χ3n) is 3.03. The average Bonchev–Trinajstić information content (AvgIpc) is 2.69. The first-order valence-electron chi connectivity index (χ1n) is 5.99. The Kier molecular flexibility index (Phi) is 4.04. The zero-order valence-corrected chi connectivity index (χ0v) is 12.2. The molecule has 2 rings (SSSR count). The summed E-state index contributed by atoms with van der Waals surface area (Å²) in [6, 6.07) is 3.96. The van der Waals surface area contributed by atoms with Gasteiger partial charge in [0.05, 0.1) is 11.9 Å². The maximum absolute atomic E-state index is 9.00. The van der Waals surface area contributed by atoms with Gasteiger partial charge in [-0.1, -0.05) is 0 Å². The van der Waals surface area contributed by atoms with Crippen molar-refractivity contribution in [3.8, 4) is 0 Å². The Morgan fingerprint density at radius 1 is 1.44 bits per heavy atom. The van der Waals surface area contributed by atoms with Crippen molar-refractivity contribution in [1.29, 1.82) is 0 Å². The number of halogens is 1. The summed E-state index contributed by atoms with van der Waals surface area (Å²) in [6.45, 7) is 5.09. The minimum absolute atomic E-state index is 0.0785. The lowest BCUT2D eigenvalue weighted by Crippen LogP contribution is -2.39. The minimum Gasteiger partial charge on any atom is -0.396 e. The number of nitrogens with one attached hydrogen (secondary N) is 1. The van der Waals surface area contributed by atoms with Gasteiger partial charge in [0, 0.05) is 29.4 Å². The number of nitrogens with zero attached hydrogens (tertiary/aromatic N) is 2. The van der Waals surface area contributed by atoms with Gasteiger partial charge in [-0.15, -0.1) is 0 Å². The molecule has 2 aromatic heterocycles. The van der Waals surface area contributed by atoms with E-state index < -0.39 is 0 Å². The van der Waals surface area contributed by atoms with Crippen LogP contribution in [-0.2, 0) is 6.54 Å². The molecule has 0 atom stereocenters. The number of pyridine rings is 1. The van der Waals surface area contributed by atoms with E-state index >= 15 is 0 Å². The minimum atomic E-state index is -0.0785. The van der Waals surface area contributed by atoms with Crippen molar-refractivity contribution in [3.05, 3.63) is 34.7 Å². The molecular formula is C13H18BrN3O. The van der Waals surface area contributed by atoms with Gasteiger partial charge in [-0.05, 0) is 48.3 Å². The molecule has 0 radical (unpaired) electrons. The number of fused-ring (bicyclic) bond motifs is 1. The van der Waals surface area contributed by atoms with E-state index in [-0.39, 0.29) is 12.1 Å². The fraction of sp³-hybridized carbons (Fsp3) is 0.462. The summed E-state index contributed by atoms with van der Waals surface area (Å²) in [5.41, 5.74) is 1.97. The molecule has 0 aliphatic carbocycles. The number of hydrogen-bond donors (Lipinski definition) is 2. The summed E-state index contributed by atoms with van der Waals surface area (Å²) in [6.07, 6.45) is 4.62. The third-order valence-corrected chi connectivity index (χ3v) is 3.50. The normalized spacial score (nSPS) is 12.2. The molecule has 5 heteroatoms. The number of aromatic nitrogens is 2. The molecule has 0 fully saturated rings. The zero-order valence-electron chi connectivity index (χ0n) is 10.7. The molecule has 0 unspecified atom stereocenters. The maximum atomic E-state index is 9.00. The van der Waals surface area contributed by atoms with Gasteiger partial charge in [0.1, 0.15) is 5.65 Å². The lowest BCUT2D eigenvalue weighted by molar-refractivity contribution is 0.229. The first-order valence-corrected chi connectivity index (χ1v) is 6.78. The van der Waals surface area contributed by atoms with Crippen molar-refractivity contribution in [3.63, 3.8) is 0 Å². The van der Waals surface area contributed by atoms with Crippen LogP contribution in [0.15, 0.2) is 29.0 Å². The van der Waals surface area contributed by atoms with E-state index in [1.54, 1.807) is 0 Å². The second-order valence-corrected chi connectivity index (χ2v) is 5.95. The van der Waals surface area contributed by atoms with Crippen LogP contribution in [0, 0.1) is 0 Å². The van der Waals surface area contributed by atoms with E-state index in [2.05, 4.69) is 44.5 Å². The van der Waals surface area contributed by atoms with Crippen molar-refractivity contribution in [1.82, 2.24) is 14.7 Å². The molecule has 0 aromatic carbocycles. The van der Waals surface area contributed by atoms with E-state index in [4.69, 9.17) is 5.11 Å².